The van der Waals surface area contributed by atoms with Crippen LogP contribution in [-0.4, -0.2) is 34.6 Å². The zero-order valence-corrected chi connectivity index (χ0v) is 12.3. The highest BCUT2D eigenvalue weighted by Gasteiger charge is 2.22. The van der Waals surface area contributed by atoms with Gasteiger partial charge >= 0.3 is 6.01 Å². The number of anilines is 1. The van der Waals surface area contributed by atoms with E-state index < -0.39 is 0 Å². The second-order valence-electron chi connectivity index (χ2n) is 5.12. The number of aryl methyl sites for hydroxylation is 1. The molecular weight excluding hydrogens is 272 g/mol. The van der Waals surface area contributed by atoms with E-state index in [0.29, 0.717) is 18.5 Å². The minimum Gasteiger partial charge on any atom is -0.463 e. The van der Waals surface area contributed by atoms with E-state index in [2.05, 4.69) is 19.9 Å². The number of rotatable bonds is 4. The molecule has 2 aromatic heterocycles. The largest absolute Gasteiger partial charge is 0.463 e. The van der Waals surface area contributed by atoms with Crippen molar-refractivity contribution in [2.45, 2.75) is 19.8 Å². The fraction of sp³-hybridized carbons (Fsp3) is 0.500. The summed E-state index contributed by atoms with van der Waals surface area (Å²) in [5, 5.41) is 3.14. The summed E-state index contributed by atoms with van der Waals surface area (Å²) in [5.74, 6) is 0.512. The van der Waals surface area contributed by atoms with Gasteiger partial charge in [-0.2, -0.15) is 0 Å². The van der Waals surface area contributed by atoms with E-state index in [1.54, 1.807) is 23.7 Å². The van der Waals surface area contributed by atoms with E-state index in [0.717, 1.165) is 23.8 Å². The summed E-state index contributed by atoms with van der Waals surface area (Å²) in [7, 11) is 0. The van der Waals surface area contributed by atoms with Gasteiger partial charge in [0.2, 0.25) is 0 Å². The van der Waals surface area contributed by atoms with Crippen LogP contribution in [0.25, 0.3) is 0 Å². The number of thiazole rings is 1. The van der Waals surface area contributed by atoms with Crippen molar-refractivity contribution in [1.82, 2.24) is 15.0 Å². The van der Waals surface area contributed by atoms with Crippen LogP contribution in [0.4, 0.5) is 5.13 Å². The molecule has 1 saturated heterocycles. The van der Waals surface area contributed by atoms with Crippen LogP contribution in [0.15, 0.2) is 24.0 Å². The first-order valence-electron chi connectivity index (χ1n) is 6.87. The average Bonchev–Trinajstić information content (AvgIpc) is 3.01. The van der Waals surface area contributed by atoms with Crippen LogP contribution in [-0.2, 0) is 0 Å². The monoisotopic (exact) mass is 290 g/mol. The summed E-state index contributed by atoms with van der Waals surface area (Å²) in [6, 6.07) is 0.474. The molecule has 6 heteroatoms. The van der Waals surface area contributed by atoms with E-state index in [1.807, 2.05) is 18.5 Å². The average molecular weight is 290 g/mol. The standard InChI is InChI=1S/C14H18N4OS/c1-11-7-16-13(17-8-11)19-10-12-3-2-5-18(9-12)14-15-4-6-20-14/h4,6-8,12H,2-3,5,9-10H2,1H3. The van der Waals surface area contributed by atoms with Gasteiger partial charge in [-0.15, -0.1) is 11.3 Å². The summed E-state index contributed by atoms with van der Waals surface area (Å²) in [4.78, 5) is 15.1. The summed E-state index contributed by atoms with van der Waals surface area (Å²) in [6.07, 6.45) is 7.80. The van der Waals surface area contributed by atoms with Gasteiger partial charge in [0, 0.05) is 43.0 Å². The maximum absolute atomic E-state index is 5.70. The maximum atomic E-state index is 5.70. The van der Waals surface area contributed by atoms with Gasteiger partial charge in [-0.3, -0.25) is 0 Å². The lowest BCUT2D eigenvalue weighted by Crippen LogP contribution is -2.37. The fourth-order valence-corrected chi connectivity index (χ4v) is 3.07. The molecule has 5 nitrogen and oxygen atoms in total. The Morgan fingerprint density at radius 3 is 2.95 bits per heavy atom. The van der Waals surface area contributed by atoms with Crippen LogP contribution < -0.4 is 9.64 Å². The van der Waals surface area contributed by atoms with Gasteiger partial charge in [-0.25, -0.2) is 15.0 Å². The van der Waals surface area contributed by atoms with E-state index in [4.69, 9.17) is 4.74 Å². The third-order valence-electron chi connectivity index (χ3n) is 3.41. The van der Waals surface area contributed by atoms with Crippen LogP contribution in [0.3, 0.4) is 0 Å². The highest BCUT2D eigenvalue weighted by Crippen LogP contribution is 2.25. The number of hydrogen-bond acceptors (Lipinski definition) is 6. The maximum Gasteiger partial charge on any atom is 0.316 e. The first-order valence-corrected chi connectivity index (χ1v) is 7.75. The number of hydrogen-bond donors (Lipinski definition) is 0. The Morgan fingerprint density at radius 1 is 1.35 bits per heavy atom. The van der Waals surface area contributed by atoms with Crippen molar-refractivity contribution >= 4 is 16.5 Å². The Balaban J connectivity index is 1.54. The van der Waals surface area contributed by atoms with Crippen LogP contribution in [0.5, 0.6) is 6.01 Å². The zero-order chi connectivity index (χ0) is 13.8. The van der Waals surface area contributed by atoms with Gasteiger partial charge in [0.15, 0.2) is 5.13 Å². The molecular formula is C14H18N4OS. The lowest BCUT2D eigenvalue weighted by Gasteiger charge is -2.32. The topological polar surface area (TPSA) is 51.1 Å². The van der Waals surface area contributed by atoms with Crippen molar-refractivity contribution in [3.05, 3.63) is 29.5 Å². The predicted molar refractivity (Wildman–Crippen MR) is 79.3 cm³/mol. The van der Waals surface area contributed by atoms with Crippen molar-refractivity contribution in [3.63, 3.8) is 0 Å². The van der Waals surface area contributed by atoms with Crippen LogP contribution in [0, 0.1) is 12.8 Å². The number of aromatic nitrogens is 3. The molecule has 0 aromatic carbocycles. The first-order chi connectivity index (χ1) is 9.81. The molecule has 1 atom stereocenters. The molecule has 1 fully saturated rings. The normalized spacial score (nSPS) is 19.1. The quantitative estimate of drug-likeness (QED) is 0.866. The Labute approximate surface area is 122 Å². The lowest BCUT2D eigenvalue weighted by atomic mass is 9.99. The molecule has 0 saturated carbocycles. The predicted octanol–water partition coefficient (Wildman–Crippen LogP) is 2.54. The van der Waals surface area contributed by atoms with E-state index in [1.165, 1.54) is 12.8 Å². The Morgan fingerprint density at radius 2 is 2.20 bits per heavy atom. The minimum atomic E-state index is 0.474. The molecule has 0 radical (unpaired) electrons. The number of piperidine rings is 1. The SMILES string of the molecule is Cc1cnc(OCC2CCCN(c3nccs3)C2)nc1. The van der Waals surface area contributed by atoms with Crippen LogP contribution in [0.2, 0.25) is 0 Å². The number of ether oxygens (including phenoxy) is 1. The van der Waals surface area contributed by atoms with Crippen molar-refractivity contribution < 1.29 is 4.74 Å². The Bertz CT molecular complexity index is 529. The van der Waals surface area contributed by atoms with E-state index in [9.17, 15) is 0 Å². The summed E-state index contributed by atoms with van der Waals surface area (Å²) >= 11 is 1.70. The Kier molecular flexibility index (Phi) is 4.11. The molecule has 106 valence electrons. The number of nitrogens with zero attached hydrogens (tertiary/aromatic N) is 4. The fourth-order valence-electron chi connectivity index (χ4n) is 2.39. The van der Waals surface area contributed by atoms with Crippen molar-refractivity contribution in [2.24, 2.45) is 5.92 Å². The molecule has 0 aliphatic carbocycles. The second-order valence-corrected chi connectivity index (χ2v) is 6.00. The van der Waals surface area contributed by atoms with Crippen molar-refractivity contribution in [3.8, 4) is 6.01 Å². The van der Waals surface area contributed by atoms with Gasteiger partial charge in [-0.1, -0.05) is 0 Å². The van der Waals surface area contributed by atoms with Crippen LogP contribution >= 0.6 is 11.3 Å². The lowest BCUT2D eigenvalue weighted by molar-refractivity contribution is 0.214. The van der Waals surface area contributed by atoms with Crippen LogP contribution in [0.1, 0.15) is 18.4 Å². The van der Waals surface area contributed by atoms with Crippen molar-refractivity contribution in [2.75, 3.05) is 24.6 Å². The molecule has 3 rings (SSSR count). The molecule has 1 unspecified atom stereocenters. The highest BCUT2D eigenvalue weighted by molar-refractivity contribution is 7.13. The summed E-state index contributed by atoms with van der Waals surface area (Å²) < 4.78 is 5.70. The van der Waals surface area contributed by atoms with Gasteiger partial charge < -0.3 is 9.64 Å². The van der Waals surface area contributed by atoms with E-state index >= 15 is 0 Å². The highest BCUT2D eigenvalue weighted by atomic mass is 32.1. The van der Waals surface area contributed by atoms with Crippen molar-refractivity contribution in [1.29, 1.82) is 0 Å². The summed E-state index contributed by atoms with van der Waals surface area (Å²) in [6.45, 7) is 4.73. The molecule has 0 N–H and O–H groups in total. The second kappa shape index (κ2) is 6.17. The van der Waals surface area contributed by atoms with E-state index in [-0.39, 0.29) is 0 Å². The molecule has 2 aromatic rings. The van der Waals surface area contributed by atoms with Gasteiger partial charge in [0.1, 0.15) is 0 Å². The van der Waals surface area contributed by atoms with Gasteiger partial charge in [0.05, 0.1) is 6.61 Å². The van der Waals surface area contributed by atoms with Gasteiger partial charge in [-0.05, 0) is 25.3 Å². The first kappa shape index (κ1) is 13.3. The molecule has 1 aliphatic rings. The molecule has 1 aliphatic heterocycles. The smallest absolute Gasteiger partial charge is 0.316 e. The zero-order valence-electron chi connectivity index (χ0n) is 11.5. The minimum absolute atomic E-state index is 0.474. The third kappa shape index (κ3) is 3.25. The molecule has 0 amide bonds. The molecule has 20 heavy (non-hydrogen) atoms. The molecule has 0 spiro atoms. The molecule has 0 bridgehead atoms. The summed E-state index contributed by atoms with van der Waals surface area (Å²) in [5.41, 5.74) is 1.05. The molecule has 3 heterocycles. The Hall–Kier alpha value is -1.69. The third-order valence-corrected chi connectivity index (χ3v) is 4.25. The van der Waals surface area contributed by atoms with Gasteiger partial charge in [0.25, 0.3) is 0 Å².